The van der Waals surface area contributed by atoms with Gasteiger partial charge in [0, 0.05) is 32.5 Å². The number of likely N-dealkylation sites (tertiary alicyclic amines) is 2. The van der Waals surface area contributed by atoms with Crippen LogP contribution >= 0.6 is 0 Å². The highest BCUT2D eigenvalue weighted by atomic mass is 16.5. The van der Waals surface area contributed by atoms with Crippen molar-refractivity contribution >= 4 is 5.91 Å². The zero-order valence-corrected chi connectivity index (χ0v) is 14.4. The van der Waals surface area contributed by atoms with Crippen LogP contribution < -0.4 is 0 Å². The Morgan fingerprint density at radius 2 is 2.26 bits per heavy atom. The van der Waals surface area contributed by atoms with Crippen LogP contribution in [0.1, 0.15) is 35.8 Å². The fraction of sp³-hybridized carbons (Fsp3) is 0.667. The molecule has 1 aromatic rings. The molecular weight excluding hydrogens is 290 g/mol. The van der Waals surface area contributed by atoms with E-state index in [2.05, 4.69) is 16.9 Å². The summed E-state index contributed by atoms with van der Waals surface area (Å²) >= 11 is 0. The molecule has 2 aliphatic rings. The average molecular weight is 317 g/mol. The molecule has 3 heterocycles. The van der Waals surface area contributed by atoms with Gasteiger partial charge in [-0.2, -0.15) is 0 Å². The summed E-state index contributed by atoms with van der Waals surface area (Å²) < 4.78 is 5.62. The number of nitrogens with zero attached hydrogens (tertiary/aromatic N) is 3. The molecule has 3 rings (SSSR count). The van der Waals surface area contributed by atoms with Crippen molar-refractivity contribution in [1.29, 1.82) is 0 Å². The van der Waals surface area contributed by atoms with E-state index in [1.807, 2.05) is 30.9 Å². The number of hydrogen-bond donors (Lipinski definition) is 0. The number of carbonyl (C=O) groups is 1. The van der Waals surface area contributed by atoms with Gasteiger partial charge < -0.3 is 9.64 Å². The SMILES string of the molecule is CCOCC1CCN(C)C2(C1)CN(C(=O)c1cc(C)ccn1)C2. The molecule has 1 atom stereocenters. The second-order valence-electron chi connectivity index (χ2n) is 7.04. The van der Waals surface area contributed by atoms with Crippen LogP contribution in [0.2, 0.25) is 0 Å². The molecule has 0 saturated carbocycles. The van der Waals surface area contributed by atoms with Gasteiger partial charge in [0.25, 0.3) is 5.91 Å². The van der Waals surface area contributed by atoms with Crippen LogP contribution in [0, 0.1) is 12.8 Å². The van der Waals surface area contributed by atoms with Gasteiger partial charge in [-0.3, -0.25) is 14.7 Å². The smallest absolute Gasteiger partial charge is 0.272 e. The third-order valence-corrected chi connectivity index (χ3v) is 5.30. The van der Waals surface area contributed by atoms with Crippen LogP contribution in [0.5, 0.6) is 0 Å². The topological polar surface area (TPSA) is 45.7 Å². The monoisotopic (exact) mass is 317 g/mol. The molecule has 0 N–H and O–H groups in total. The summed E-state index contributed by atoms with van der Waals surface area (Å²) in [5, 5.41) is 0. The van der Waals surface area contributed by atoms with Gasteiger partial charge in [-0.25, -0.2) is 0 Å². The lowest BCUT2D eigenvalue weighted by Gasteiger charge is -2.58. The van der Waals surface area contributed by atoms with Crippen LogP contribution in [-0.4, -0.2) is 66.1 Å². The molecule has 0 aliphatic carbocycles. The van der Waals surface area contributed by atoms with Gasteiger partial charge in [0.05, 0.1) is 5.54 Å². The highest BCUT2D eigenvalue weighted by molar-refractivity contribution is 5.93. The van der Waals surface area contributed by atoms with Crippen molar-refractivity contribution in [2.24, 2.45) is 5.92 Å². The Balaban J connectivity index is 1.62. The number of aromatic nitrogens is 1. The van der Waals surface area contributed by atoms with Crippen molar-refractivity contribution in [3.8, 4) is 0 Å². The largest absolute Gasteiger partial charge is 0.381 e. The fourth-order valence-corrected chi connectivity index (χ4v) is 3.83. The summed E-state index contributed by atoms with van der Waals surface area (Å²) in [5.74, 6) is 0.667. The third-order valence-electron chi connectivity index (χ3n) is 5.30. The lowest BCUT2D eigenvalue weighted by Crippen LogP contribution is -2.72. The highest BCUT2D eigenvalue weighted by Crippen LogP contribution is 2.38. The van der Waals surface area contributed by atoms with Gasteiger partial charge in [0.1, 0.15) is 5.69 Å². The number of piperidine rings is 1. The Bertz CT molecular complexity index is 567. The first-order chi connectivity index (χ1) is 11.0. The molecule has 126 valence electrons. The third kappa shape index (κ3) is 3.26. The first-order valence-electron chi connectivity index (χ1n) is 8.55. The number of likely N-dealkylation sites (N-methyl/N-ethyl adjacent to an activating group) is 1. The minimum Gasteiger partial charge on any atom is -0.381 e. The second-order valence-corrected chi connectivity index (χ2v) is 7.04. The molecule has 5 nitrogen and oxygen atoms in total. The molecule has 1 aromatic heterocycles. The van der Waals surface area contributed by atoms with Gasteiger partial charge in [0.15, 0.2) is 0 Å². The molecule has 0 radical (unpaired) electrons. The van der Waals surface area contributed by atoms with E-state index >= 15 is 0 Å². The van der Waals surface area contributed by atoms with Crippen molar-refractivity contribution in [2.45, 2.75) is 32.2 Å². The molecule has 0 bridgehead atoms. The van der Waals surface area contributed by atoms with Crippen molar-refractivity contribution in [3.63, 3.8) is 0 Å². The van der Waals surface area contributed by atoms with E-state index in [0.29, 0.717) is 11.6 Å². The van der Waals surface area contributed by atoms with Crippen molar-refractivity contribution < 1.29 is 9.53 Å². The predicted octanol–water partition coefficient (Wildman–Crippen LogP) is 1.96. The normalized spacial score (nSPS) is 23.8. The van der Waals surface area contributed by atoms with Crippen LogP contribution in [0.3, 0.4) is 0 Å². The molecule has 1 amide bonds. The number of aryl methyl sites for hydroxylation is 1. The van der Waals surface area contributed by atoms with E-state index in [4.69, 9.17) is 4.74 Å². The van der Waals surface area contributed by atoms with E-state index < -0.39 is 0 Å². The maximum atomic E-state index is 12.6. The Morgan fingerprint density at radius 1 is 1.48 bits per heavy atom. The van der Waals surface area contributed by atoms with Crippen LogP contribution in [0.25, 0.3) is 0 Å². The van der Waals surface area contributed by atoms with E-state index in [1.165, 1.54) is 6.42 Å². The maximum absolute atomic E-state index is 12.6. The molecule has 2 saturated heterocycles. The molecule has 2 aliphatic heterocycles. The summed E-state index contributed by atoms with van der Waals surface area (Å²) in [4.78, 5) is 21.2. The summed E-state index contributed by atoms with van der Waals surface area (Å²) in [6, 6.07) is 3.79. The van der Waals surface area contributed by atoms with Gasteiger partial charge in [-0.05, 0) is 63.9 Å². The highest BCUT2D eigenvalue weighted by Gasteiger charge is 2.51. The zero-order valence-electron chi connectivity index (χ0n) is 14.4. The zero-order chi connectivity index (χ0) is 16.4. The number of pyridine rings is 1. The molecule has 23 heavy (non-hydrogen) atoms. The van der Waals surface area contributed by atoms with E-state index in [9.17, 15) is 4.79 Å². The minimum absolute atomic E-state index is 0.0552. The van der Waals surface area contributed by atoms with Crippen molar-refractivity contribution in [2.75, 3.05) is 39.9 Å². The first kappa shape index (κ1) is 16.4. The Morgan fingerprint density at radius 3 is 2.96 bits per heavy atom. The number of carbonyl (C=O) groups excluding carboxylic acids is 1. The molecule has 5 heteroatoms. The molecule has 1 unspecified atom stereocenters. The quantitative estimate of drug-likeness (QED) is 0.852. The van der Waals surface area contributed by atoms with E-state index in [1.54, 1.807) is 6.20 Å². The maximum Gasteiger partial charge on any atom is 0.272 e. The summed E-state index contributed by atoms with van der Waals surface area (Å²) in [6.07, 6.45) is 4.02. The van der Waals surface area contributed by atoms with Crippen molar-refractivity contribution in [1.82, 2.24) is 14.8 Å². The lowest BCUT2D eigenvalue weighted by molar-refractivity contribution is -0.0753. The summed E-state index contributed by atoms with van der Waals surface area (Å²) in [5.41, 5.74) is 1.77. The molecular formula is C18H27N3O2. The van der Waals surface area contributed by atoms with Gasteiger partial charge in [0.2, 0.25) is 0 Å². The number of ether oxygens (including phenoxy) is 1. The van der Waals surface area contributed by atoms with E-state index in [-0.39, 0.29) is 11.4 Å². The minimum atomic E-state index is 0.0552. The van der Waals surface area contributed by atoms with Gasteiger partial charge in [-0.15, -0.1) is 0 Å². The predicted molar refractivity (Wildman–Crippen MR) is 89.5 cm³/mol. The lowest BCUT2D eigenvalue weighted by atomic mass is 9.75. The summed E-state index contributed by atoms with van der Waals surface area (Å²) in [7, 11) is 2.18. The standard InChI is InChI=1S/C18H27N3O2/c1-4-23-11-15-6-8-20(3)18(10-15)12-21(13-18)17(22)16-9-14(2)5-7-19-16/h5,7,9,15H,4,6,8,10-13H2,1-3H3. The first-order valence-corrected chi connectivity index (χ1v) is 8.55. The Labute approximate surface area is 138 Å². The number of amides is 1. The molecule has 1 spiro atoms. The second kappa shape index (κ2) is 6.57. The number of hydrogen-bond acceptors (Lipinski definition) is 4. The van der Waals surface area contributed by atoms with Gasteiger partial charge >= 0.3 is 0 Å². The van der Waals surface area contributed by atoms with Crippen LogP contribution in [-0.2, 0) is 4.74 Å². The van der Waals surface area contributed by atoms with Gasteiger partial charge in [-0.1, -0.05) is 0 Å². The molecule has 0 aromatic carbocycles. The van der Waals surface area contributed by atoms with E-state index in [0.717, 1.165) is 44.8 Å². The number of rotatable bonds is 4. The van der Waals surface area contributed by atoms with Crippen molar-refractivity contribution in [3.05, 3.63) is 29.6 Å². The van der Waals surface area contributed by atoms with Crippen LogP contribution in [0.4, 0.5) is 0 Å². The van der Waals surface area contributed by atoms with Crippen LogP contribution in [0.15, 0.2) is 18.3 Å². The fourth-order valence-electron chi connectivity index (χ4n) is 3.83. The average Bonchev–Trinajstić information content (AvgIpc) is 2.51. The molecule has 2 fully saturated rings. The Kier molecular flexibility index (Phi) is 4.69. The Hall–Kier alpha value is -1.46. The summed E-state index contributed by atoms with van der Waals surface area (Å²) in [6.45, 7) is 8.36.